The molecule has 1 atom stereocenters. The highest BCUT2D eigenvalue weighted by Crippen LogP contribution is 2.29. The first-order valence-corrected chi connectivity index (χ1v) is 9.55. The maximum absolute atomic E-state index is 2.52. The molecule has 0 bridgehead atoms. The lowest BCUT2D eigenvalue weighted by Crippen LogP contribution is -2.27. The first-order chi connectivity index (χ1) is 11.8. The number of hydrogen-bond donors (Lipinski definition) is 0. The van der Waals surface area contributed by atoms with Crippen LogP contribution in [0.1, 0.15) is 24.1 Å². The average molecular weight is 427 g/mol. The van der Waals surface area contributed by atoms with E-state index >= 15 is 0 Å². The van der Waals surface area contributed by atoms with Crippen molar-refractivity contribution in [2.75, 3.05) is 6.54 Å². The Hall–Kier alpha value is -1.65. The van der Waals surface area contributed by atoms with E-state index in [4.69, 9.17) is 0 Å². The van der Waals surface area contributed by atoms with Crippen LogP contribution in [0.5, 0.6) is 0 Å². The summed E-state index contributed by atoms with van der Waals surface area (Å²) >= 11 is 2.30. The molecule has 3 aromatic rings. The van der Waals surface area contributed by atoms with E-state index in [9.17, 15) is 0 Å². The lowest BCUT2D eigenvalue weighted by atomic mass is 9.98. The van der Waals surface area contributed by atoms with Crippen LogP contribution in [-0.2, 0) is 6.54 Å². The van der Waals surface area contributed by atoms with E-state index < -0.39 is 0 Å². The van der Waals surface area contributed by atoms with E-state index in [0.29, 0.717) is 6.04 Å². The molecular formula is C22H22IN. The van der Waals surface area contributed by atoms with Gasteiger partial charge in [-0.05, 0) is 32.9 Å². The summed E-state index contributed by atoms with van der Waals surface area (Å²) in [6, 6.07) is 26.4. The number of fused-ring (bicyclic) bond motifs is 1. The van der Waals surface area contributed by atoms with Crippen LogP contribution in [0, 0.1) is 0 Å². The minimum absolute atomic E-state index is 0.351. The molecule has 0 aromatic heterocycles. The van der Waals surface area contributed by atoms with Gasteiger partial charge in [-0.25, -0.2) is 0 Å². The topological polar surface area (TPSA) is 3.24 Å². The van der Waals surface area contributed by atoms with Gasteiger partial charge in [0.15, 0.2) is 0 Å². The highest BCUT2D eigenvalue weighted by molar-refractivity contribution is 14.1. The summed E-state index contributed by atoms with van der Waals surface area (Å²) in [6.07, 6.45) is 2.23. The summed E-state index contributed by atoms with van der Waals surface area (Å²) in [5.41, 5.74) is 2.75. The first-order valence-electron chi connectivity index (χ1n) is 8.30. The molecule has 0 aliphatic carbocycles. The fourth-order valence-electron chi connectivity index (χ4n) is 3.16. The second kappa shape index (κ2) is 8.45. The monoisotopic (exact) mass is 427 g/mol. The minimum Gasteiger partial charge on any atom is -0.289 e. The summed E-state index contributed by atoms with van der Waals surface area (Å²) in [6.45, 7) is 4.21. The molecule has 1 nitrogen and oxygen atoms in total. The summed E-state index contributed by atoms with van der Waals surface area (Å²) < 4.78 is 2.10. The van der Waals surface area contributed by atoms with Crippen molar-refractivity contribution in [3.63, 3.8) is 0 Å². The van der Waals surface area contributed by atoms with Crippen LogP contribution in [0.2, 0.25) is 0 Å². The third-order valence-corrected chi connectivity index (χ3v) is 4.99. The molecule has 0 N–H and O–H groups in total. The quantitative estimate of drug-likeness (QED) is 0.415. The molecule has 3 aromatic carbocycles. The maximum Gasteiger partial charge on any atom is 0.0332 e. The zero-order chi connectivity index (χ0) is 16.8. The normalized spacial score (nSPS) is 13.0. The molecule has 0 heterocycles. The van der Waals surface area contributed by atoms with Gasteiger partial charge in [0.1, 0.15) is 0 Å². The Morgan fingerprint density at radius 3 is 2.42 bits per heavy atom. The minimum atomic E-state index is 0.351. The summed E-state index contributed by atoms with van der Waals surface area (Å²) in [5.74, 6) is 0. The van der Waals surface area contributed by atoms with Gasteiger partial charge in [-0.2, -0.15) is 0 Å². The third kappa shape index (κ3) is 4.05. The van der Waals surface area contributed by atoms with Crippen molar-refractivity contribution in [2.45, 2.75) is 19.5 Å². The third-order valence-electron chi connectivity index (χ3n) is 4.48. The summed E-state index contributed by atoms with van der Waals surface area (Å²) in [4.78, 5) is 2.52. The van der Waals surface area contributed by atoms with E-state index in [-0.39, 0.29) is 0 Å². The van der Waals surface area contributed by atoms with Crippen molar-refractivity contribution in [3.8, 4) is 0 Å². The predicted molar refractivity (Wildman–Crippen MR) is 112 cm³/mol. The van der Waals surface area contributed by atoms with Gasteiger partial charge in [0.2, 0.25) is 0 Å². The molecule has 2 heteroatoms. The fraction of sp³-hybridized carbons (Fsp3) is 0.182. The van der Waals surface area contributed by atoms with E-state index in [1.54, 1.807) is 0 Å². The number of nitrogens with zero attached hydrogens (tertiary/aromatic N) is 1. The first kappa shape index (κ1) is 17.2. The van der Waals surface area contributed by atoms with Crippen molar-refractivity contribution in [1.82, 2.24) is 4.90 Å². The molecular weight excluding hydrogens is 405 g/mol. The molecule has 0 aliphatic rings. The Kier molecular flexibility index (Phi) is 6.05. The van der Waals surface area contributed by atoms with Gasteiger partial charge in [0.25, 0.3) is 0 Å². The van der Waals surface area contributed by atoms with Crippen LogP contribution in [-0.4, -0.2) is 11.4 Å². The van der Waals surface area contributed by atoms with Gasteiger partial charge in [0.05, 0.1) is 0 Å². The number of benzene rings is 3. The van der Waals surface area contributed by atoms with E-state index in [0.717, 1.165) is 13.1 Å². The molecule has 0 saturated carbocycles. The highest BCUT2D eigenvalue weighted by Gasteiger charge is 2.17. The van der Waals surface area contributed by atoms with Crippen LogP contribution in [0.15, 0.2) is 83.0 Å². The van der Waals surface area contributed by atoms with Crippen molar-refractivity contribution in [1.29, 1.82) is 0 Å². The molecule has 0 radical (unpaired) electrons. The van der Waals surface area contributed by atoms with Crippen LogP contribution in [0.25, 0.3) is 10.8 Å². The van der Waals surface area contributed by atoms with Crippen molar-refractivity contribution in [2.24, 2.45) is 0 Å². The molecule has 0 aliphatic heterocycles. The summed E-state index contributed by atoms with van der Waals surface area (Å²) in [5, 5.41) is 2.66. The number of hydrogen-bond acceptors (Lipinski definition) is 1. The molecule has 0 unspecified atom stereocenters. The molecule has 24 heavy (non-hydrogen) atoms. The van der Waals surface area contributed by atoms with Gasteiger partial charge in [-0.15, -0.1) is 0 Å². The van der Waals surface area contributed by atoms with Gasteiger partial charge >= 0.3 is 0 Å². The number of rotatable bonds is 6. The van der Waals surface area contributed by atoms with Crippen LogP contribution in [0.4, 0.5) is 0 Å². The molecule has 0 saturated heterocycles. The number of halogens is 1. The van der Waals surface area contributed by atoms with Crippen molar-refractivity contribution >= 4 is 33.4 Å². The Labute approximate surface area is 158 Å². The standard InChI is InChI=1S/C22H22IN/c1-18(21-14-7-12-20-11-5-6-13-22(20)21)24(16-8-15-23)17-19-9-3-2-4-10-19/h2-15,18H,16-17H2,1H3/b15-8-/t18-/m0/s1. The fourth-order valence-corrected chi connectivity index (χ4v) is 3.39. The van der Waals surface area contributed by atoms with E-state index in [1.165, 1.54) is 21.9 Å². The Balaban J connectivity index is 1.93. The van der Waals surface area contributed by atoms with Gasteiger partial charge in [-0.1, -0.05) is 101 Å². The molecule has 0 amide bonds. The van der Waals surface area contributed by atoms with Crippen molar-refractivity contribution < 1.29 is 0 Å². The lowest BCUT2D eigenvalue weighted by molar-refractivity contribution is 0.226. The van der Waals surface area contributed by atoms with E-state index in [2.05, 4.69) is 117 Å². The molecule has 0 fully saturated rings. The molecule has 3 rings (SSSR count). The van der Waals surface area contributed by atoms with Gasteiger partial charge in [-0.3, -0.25) is 4.90 Å². The smallest absolute Gasteiger partial charge is 0.0332 e. The predicted octanol–water partition coefficient (Wildman–Crippen LogP) is 6.35. The van der Waals surface area contributed by atoms with Gasteiger partial charge in [0, 0.05) is 19.1 Å². The van der Waals surface area contributed by atoms with Crippen molar-refractivity contribution in [3.05, 3.63) is 94.1 Å². The Morgan fingerprint density at radius 1 is 0.917 bits per heavy atom. The second-order valence-electron chi connectivity index (χ2n) is 6.02. The summed E-state index contributed by atoms with van der Waals surface area (Å²) in [7, 11) is 0. The van der Waals surface area contributed by atoms with Crippen LogP contribution >= 0.6 is 22.6 Å². The van der Waals surface area contributed by atoms with Gasteiger partial charge < -0.3 is 0 Å². The SMILES string of the molecule is C[C@@H](c1cccc2ccccc12)N(C/C=C\I)Cc1ccccc1. The second-order valence-corrected chi connectivity index (χ2v) is 6.74. The Morgan fingerprint density at radius 2 is 1.62 bits per heavy atom. The van der Waals surface area contributed by atoms with Crippen LogP contribution in [0.3, 0.4) is 0 Å². The molecule has 0 spiro atoms. The highest BCUT2D eigenvalue weighted by atomic mass is 127. The largest absolute Gasteiger partial charge is 0.289 e. The zero-order valence-electron chi connectivity index (χ0n) is 13.9. The lowest BCUT2D eigenvalue weighted by Gasteiger charge is -2.29. The molecule has 122 valence electrons. The maximum atomic E-state index is 2.52. The Bertz CT molecular complexity index is 805. The average Bonchev–Trinajstić information content (AvgIpc) is 2.65. The van der Waals surface area contributed by atoms with E-state index in [1.807, 2.05) is 0 Å². The van der Waals surface area contributed by atoms with Crippen LogP contribution < -0.4 is 0 Å². The zero-order valence-corrected chi connectivity index (χ0v) is 16.1.